The number of methoxy groups -OCH3 is 1. The van der Waals surface area contributed by atoms with E-state index in [0.29, 0.717) is 17.7 Å². The molecule has 0 fully saturated rings. The summed E-state index contributed by atoms with van der Waals surface area (Å²) >= 11 is 0. The van der Waals surface area contributed by atoms with Gasteiger partial charge in [0, 0.05) is 24.1 Å². The van der Waals surface area contributed by atoms with E-state index in [0.717, 1.165) is 43.5 Å². The van der Waals surface area contributed by atoms with Crippen LogP contribution >= 0.6 is 0 Å². The normalized spacial score (nSPS) is 13.1. The third kappa shape index (κ3) is 6.66. The van der Waals surface area contributed by atoms with Crippen LogP contribution in [0.2, 0.25) is 0 Å². The number of carbonyl (C=O) groups is 1. The highest BCUT2D eigenvalue weighted by molar-refractivity contribution is 5.95. The zero-order valence-electron chi connectivity index (χ0n) is 20.7. The molecule has 2 aromatic rings. The zero-order valence-corrected chi connectivity index (χ0v) is 20.7. The second-order valence-electron chi connectivity index (χ2n) is 9.05. The number of carbonyl (C=O) groups excluding carboxylic acids is 1. The maximum atomic E-state index is 11.8. The van der Waals surface area contributed by atoms with Gasteiger partial charge in [0.1, 0.15) is 5.75 Å². The lowest BCUT2D eigenvalue weighted by molar-refractivity contribution is 0.0988. The van der Waals surface area contributed by atoms with E-state index in [1.807, 2.05) is 49.4 Å². The maximum Gasteiger partial charge on any atom is 0.162 e. The molecule has 0 saturated carbocycles. The van der Waals surface area contributed by atoms with E-state index in [9.17, 15) is 15.2 Å². The number of hydrogen-bond acceptors (Lipinski definition) is 5. The Balaban J connectivity index is 1.99. The van der Waals surface area contributed by atoms with Crippen LogP contribution < -0.4 is 4.74 Å². The molecular weight excluding hydrogens is 412 g/mol. The Kier molecular flexibility index (Phi) is 10.1. The fraction of sp³-hybridized carbons (Fsp3) is 0.500. The number of ketones is 1. The molecule has 2 rings (SSSR count). The number of aliphatic hydroxyl groups excluding tert-OH is 1. The van der Waals surface area contributed by atoms with Crippen molar-refractivity contribution in [1.29, 1.82) is 5.26 Å². The summed E-state index contributed by atoms with van der Waals surface area (Å²) in [5.41, 5.74) is 3.03. The molecule has 0 aliphatic rings. The predicted octanol–water partition coefficient (Wildman–Crippen LogP) is 5.15. The van der Waals surface area contributed by atoms with Crippen LogP contribution in [0.4, 0.5) is 0 Å². The molecule has 0 radical (unpaired) electrons. The van der Waals surface area contributed by atoms with Crippen molar-refractivity contribution in [2.75, 3.05) is 27.2 Å². The van der Waals surface area contributed by atoms with Crippen molar-refractivity contribution in [3.05, 3.63) is 64.7 Å². The van der Waals surface area contributed by atoms with Gasteiger partial charge < -0.3 is 14.7 Å². The summed E-state index contributed by atoms with van der Waals surface area (Å²) in [7, 11) is 3.69. The van der Waals surface area contributed by atoms with E-state index >= 15 is 0 Å². The number of Topliss-reactive ketones (excluding diaryl/α,β-unsaturated/α-hetero) is 1. The van der Waals surface area contributed by atoms with E-state index in [-0.39, 0.29) is 18.3 Å². The summed E-state index contributed by atoms with van der Waals surface area (Å²) < 4.78 is 5.33. The van der Waals surface area contributed by atoms with E-state index in [4.69, 9.17) is 4.74 Å². The predicted molar refractivity (Wildman–Crippen MR) is 133 cm³/mol. The summed E-state index contributed by atoms with van der Waals surface area (Å²) in [5, 5.41) is 19.9. The quantitative estimate of drug-likeness (QED) is 0.427. The van der Waals surface area contributed by atoms with Crippen LogP contribution in [0, 0.1) is 17.2 Å². The van der Waals surface area contributed by atoms with Crippen LogP contribution in [0.3, 0.4) is 0 Å². The summed E-state index contributed by atoms with van der Waals surface area (Å²) in [6.45, 7) is 7.75. The van der Waals surface area contributed by atoms with Crippen LogP contribution in [-0.2, 0) is 18.4 Å². The molecule has 178 valence electrons. The van der Waals surface area contributed by atoms with Gasteiger partial charge in [-0.25, -0.2) is 0 Å². The molecule has 5 nitrogen and oxygen atoms in total. The standard InChI is InChI=1S/C28H38N2O3/c1-6-26(32)23-10-8-22(9-11-23)14-17-30(4)16-7-15-28(20-29,21(2)3)25-12-13-27(33-5)24(18-25)19-31/h8-13,18,21,31H,6-7,14-17,19H2,1-5H3. The summed E-state index contributed by atoms with van der Waals surface area (Å²) in [6.07, 6.45) is 3.09. The topological polar surface area (TPSA) is 73.6 Å². The largest absolute Gasteiger partial charge is 0.496 e. The van der Waals surface area contributed by atoms with E-state index < -0.39 is 5.41 Å². The Labute approximate surface area is 199 Å². The van der Waals surface area contributed by atoms with Gasteiger partial charge in [0.25, 0.3) is 0 Å². The summed E-state index contributed by atoms with van der Waals surface area (Å²) in [6, 6.07) is 16.2. The molecule has 0 aliphatic carbocycles. The number of benzene rings is 2. The Bertz CT molecular complexity index is 947. The van der Waals surface area contributed by atoms with Gasteiger partial charge in [-0.15, -0.1) is 0 Å². The highest BCUT2D eigenvalue weighted by Crippen LogP contribution is 2.38. The van der Waals surface area contributed by atoms with E-state index in [1.54, 1.807) is 7.11 Å². The molecule has 0 bridgehead atoms. The third-order valence-electron chi connectivity index (χ3n) is 6.64. The molecule has 2 aromatic carbocycles. The van der Waals surface area contributed by atoms with Crippen LogP contribution in [0.5, 0.6) is 5.75 Å². The SMILES string of the molecule is CCC(=O)c1ccc(CCN(C)CCCC(C#N)(c2ccc(OC)c(CO)c2)C(C)C)cc1. The van der Waals surface area contributed by atoms with Crippen molar-refractivity contribution in [1.82, 2.24) is 4.90 Å². The molecule has 0 amide bonds. The fourth-order valence-electron chi connectivity index (χ4n) is 4.32. The Hall–Kier alpha value is -2.68. The number of ether oxygens (including phenoxy) is 1. The van der Waals surface area contributed by atoms with Crippen molar-refractivity contribution < 1.29 is 14.6 Å². The average Bonchev–Trinajstić information content (AvgIpc) is 2.84. The number of hydrogen-bond donors (Lipinski definition) is 1. The van der Waals surface area contributed by atoms with Crippen LogP contribution in [0.15, 0.2) is 42.5 Å². The minimum atomic E-state index is -0.612. The van der Waals surface area contributed by atoms with Gasteiger partial charge in [-0.05, 0) is 62.0 Å². The molecule has 1 unspecified atom stereocenters. The van der Waals surface area contributed by atoms with Crippen molar-refractivity contribution in [2.24, 2.45) is 5.92 Å². The maximum absolute atomic E-state index is 11.8. The Morgan fingerprint density at radius 1 is 1.18 bits per heavy atom. The minimum absolute atomic E-state index is 0.118. The van der Waals surface area contributed by atoms with Crippen LogP contribution in [0.1, 0.15) is 67.1 Å². The first kappa shape index (κ1) is 26.6. The third-order valence-corrected chi connectivity index (χ3v) is 6.64. The lowest BCUT2D eigenvalue weighted by atomic mass is 9.69. The van der Waals surface area contributed by atoms with Crippen molar-refractivity contribution in [2.45, 2.75) is 58.5 Å². The van der Waals surface area contributed by atoms with Crippen molar-refractivity contribution >= 4 is 5.78 Å². The van der Waals surface area contributed by atoms with Crippen molar-refractivity contribution in [3.63, 3.8) is 0 Å². The molecule has 0 aliphatic heterocycles. The van der Waals surface area contributed by atoms with Crippen LogP contribution in [-0.4, -0.2) is 43.0 Å². The van der Waals surface area contributed by atoms with Gasteiger partial charge in [0.15, 0.2) is 5.78 Å². The second-order valence-corrected chi connectivity index (χ2v) is 9.05. The molecule has 33 heavy (non-hydrogen) atoms. The monoisotopic (exact) mass is 450 g/mol. The number of likely N-dealkylation sites (N-methyl/N-ethyl adjacent to an activating group) is 1. The number of aliphatic hydroxyl groups is 1. The second kappa shape index (κ2) is 12.5. The molecule has 0 spiro atoms. The van der Waals surface area contributed by atoms with Crippen molar-refractivity contribution in [3.8, 4) is 11.8 Å². The van der Waals surface area contributed by atoms with Gasteiger partial charge in [-0.3, -0.25) is 4.79 Å². The van der Waals surface area contributed by atoms with Crippen LogP contribution in [0.25, 0.3) is 0 Å². The van der Waals surface area contributed by atoms with Gasteiger partial charge in [0.05, 0.1) is 25.2 Å². The van der Waals surface area contributed by atoms with Gasteiger partial charge >= 0.3 is 0 Å². The first-order valence-electron chi connectivity index (χ1n) is 11.8. The molecule has 5 heteroatoms. The highest BCUT2D eigenvalue weighted by Gasteiger charge is 2.36. The Morgan fingerprint density at radius 2 is 1.88 bits per heavy atom. The highest BCUT2D eigenvalue weighted by atomic mass is 16.5. The number of nitrogens with zero attached hydrogens (tertiary/aromatic N) is 2. The zero-order chi connectivity index (χ0) is 24.4. The smallest absolute Gasteiger partial charge is 0.162 e. The fourth-order valence-corrected chi connectivity index (χ4v) is 4.32. The molecule has 1 N–H and O–H groups in total. The lowest BCUT2D eigenvalue weighted by Crippen LogP contribution is -2.32. The lowest BCUT2D eigenvalue weighted by Gasteiger charge is -2.32. The molecule has 0 saturated heterocycles. The molecule has 1 atom stereocenters. The first-order valence-corrected chi connectivity index (χ1v) is 11.8. The first-order chi connectivity index (χ1) is 15.8. The molecule has 0 aromatic heterocycles. The van der Waals surface area contributed by atoms with Gasteiger partial charge in [-0.1, -0.05) is 51.1 Å². The number of rotatable bonds is 13. The summed E-state index contributed by atoms with van der Waals surface area (Å²) in [4.78, 5) is 14.1. The van der Waals surface area contributed by atoms with E-state index in [1.165, 1.54) is 5.56 Å². The average molecular weight is 451 g/mol. The molecular formula is C28H38N2O3. The molecule has 0 heterocycles. The van der Waals surface area contributed by atoms with E-state index in [2.05, 4.69) is 31.9 Å². The minimum Gasteiger partial charge on any atom is -0.496 e. The van der Waals surface area contributed by atoms with Gasteiger partial charge in [0.2, 0.25) is 0 Å². The number of nitriles is 1. The van der Waals surface area contributed by atoms with Gasteiger partial charge in [-0.2, -0.15) is 5.26 Å². The Morgan fingerprint density at radius 3 is 2.42 bits per heavy atom. The summed E-state index contributed by atoms with van der Waals surface area (Å²) in [5.74, 6) is 0.952.